The Morgan fingerprint density at radius 1 is 1.00 bits per heavy atom. The van der Waals surface area contributed by atoms with Crippen molar-refractivity contribution >= 4 is 18.2 Å². The lowest BCUT2D eigenvalue weighted by molar-refractivity contribution is 0.249. The molecule has 0 unspecified atom stereocenters. The van der Waals surface area contributed by atoms with E-state index < -0.39 is 0 Å². The van der Waals surface area contributed by atoms with E-state index in [-0.39, 0.29) is 24.8 Å². The fraction of sp³-hybridized carbons (Fsp3) is 0.350. The first kappa shape index (κ1) is 21.2. The molecule has 154 valence electrons. The zero-order valence-electron chi connectivity index (χ0n) is 16.0. The normalized spacial score (nSPS) is 14.6. The molecule has 0 radical (unpaired) electrons. The van der Waals surface area contributed by atoms with E-state index in [1.807, 2.05) is 12.4 Å². The summed E-state index contributed by atoms with van der Waals surface area (Å²) in [5, 5.41) is 13.3. The van der Waals surface area contributed by atoms with Crippen LogP contribution < -0.4 is 4.90 Å². The maximum Gasteiger partial charge on any atom is 0.155 e. The largest absolute Gasteiger partial charge is 0.394 e. The van der Waals surface area contributed by atoms with Gasteiger partial charge in [0.15, 0.2) is 5.82 Å². The number of halogens is 2. The first-order valence-electron chi connectivity index (χ1n) is 9.39. The summed E-state index contributed by atoms with van der Waals surface area (Å²) in [6.07, 6.45) is 7.21. The number of hydrogen-bond donors (Lipinski definition) is 1. The third kappa shape index (κ3) is 5.09. The quantitative estimate of drug-likeness (QED) is 0.662. The lowest BCUT2D eigenvalue weighted by Crippen LogP contribution is -2.46. The summed E-state index contributed by atoms with van der Waals surface area (Å²) in [6, 6.07) is 6.37. The van der Waals surface area contributed by atoms with Crippen LogP contribution in [-0.2, 0) is 13.1 Å². The first-order valence-corrected chi connectivity index (χ1v) is 9.39. The van der Waals surface area contributed by atoms with E-state index in [1.54, 1.807) is 29.2 Å². The first-order chi connectivity index (χ1) is 13.7. The average molecular weight is 419 g/mol. The predicted molar refractivity (Wildman–Crippen MR) is 111 cm³/mol. The van der Waals surface area contributed by atoms with Crippen molar-refractivity contribution in [3.63, 3.8) is 0 Å². The van der Waals surface area contributed by atoms with Gasteiger partial charge in [0.05, 0.1) is 19.3 Å². The van der Waals surface area contributed by atoms with Crippen LogP contribution in [0.2, 0.25) is 0 Å². The second-order valence-electron chi connectivity index (χ2n) is 6.83. The van der Waals surface area contributed by atoms with Crippen molar-refractivity contribution in [2.75, 3.05) is 37.7 Å². The Labute approximate surface area is 175 Å². The molecule has 1 fully saturated rings. The standard InChI is InChI=1S/C20H23FN6O.ClH/c21-18-3-1-17(2-4-18)19-20(23-6-5-22-19)26-9-7-25(8-10-26)14-16-13-24-27(15-16)11-12-28;/h1-6,13,15,28H,7-12,14H2;1H. The minimum atomic E-state index is -0.259. The summed E-state index contributed by atoms with van der Waals surface area (Å²) in [4.78, 5) is 13.7. The minimum absolute atomic E-state index is 0. The molecule has 0 atom stereocenters. The van der Waals surface area contributed by atoms with E-state index >= 15 is 0 Å². The lowest BCUT2D eigenvalue weighted by Gasteiger charge is -2.35. The van der Waals surface area contributed by atoms with Gasteiger partial charge in [-0.2, -0.15) is 5.10 Å². The third-order valence-electron chi connectivity index (χ3n) is 4.89. The van der Waals surface area contributed by atoms with E-state index in [2.05, 4.69) is 24.9 Å². The molecule has 4 rings (SSSR count). The zero-order valence-corrected chi connectivity index (χ0v) is 16.8. The molecule has 29 heavy (non-hydrogen) atoms. The van der Waals surface area contributed by atoms with E-state index in [1.165, 1.54) is 12.1 Å². The van der Waals surface area contributed by atoms with Crippen molar-refractivity contribution in [2.24, 2.45) is 0 Å². The highest BCUT2D eigenvalue weighted by atomic mass is 35.5. The topological polar surface area (TPSA) is 70.3 Å². The van der Waals surface area contributed by atoms with Crippen molar-refractivity contribution in [2.45, 2.75) is 13.1 Å². The van der Waals surface area contributed by atoms with Crippen molar-refractivity contribution in [3.8, 4) is 11.3 Å². The van der Waals surface area contributed by atoms with Crippen molar-refractivity contribution in [1.29, 1.82) is 0 Å². The number of rotatable bonds is 6. The van der Waals surface area contributed by atoms with Crippen molar-refractivity contribution in [3.05, 3.63) is 60.4 Å². The number of hydrogen-bond acceptors (Lipinski definition) is 6. The predicted octanol–water partition coefficient (Wildman–Crippen LogP) is 2.22. The van der Waals surface area contributed by atoms with Gasteiger partial charge in [-0.25, -0.2) is 9.37 Å². The van der Waals surface area contributed by atoms with Gasteiger partial charge in [-0.05, 0) is 24.3 Å². The van der Waals surface area contributed by atoms with Gasteiger partial charge in [0, 0.05) is 62.4 Å². The van der Waals surface area contributed by atoms with Crippen LogP contribution >= 0.6 is 12.4 Å². The van der Waals surface area contributed by atoms with E-state index in [4.69, 9.17) is 5.11 Å². The molecule has 9 heteroatoms. The van der Waals surface area contributed by atoms with Crippen LogP contribution in [0.4, 0.5) is 10.2 Å². The van der Waals surface area contributed by atoms with E-state index in [9.17, 15) is 4.39 Å². The smallest absolute Gasteiger partial charge is 0.155 e. The number of aliphatic hydroxyl groups is 1. The molecule has 3 heterocycles. The molecule has 1 aromatic carbocycles. The molecule has 1 saturated heterocycles. The van der Waals surface area contributed by atoms with Gasteiger partial charge in [-0.15, -0.1) is 12.4 Å². The SMILES string of the molecule is Cl.OCCn1cc(CN2CCN(c3nccnc3-c3ccc(F)cc3)CC2)cn1. The highest BCUT2D eigenvalue weighted by molar-refractivity contribution is 5.85. The molecule has 1 aliphatic heterocycles. The van der Waals surface area contributed by atoms with Crippen LogP contribution in [0.15, 0.2) is 49.1 Å². The van der Waals surface area contributed by atoms with E-state index in [0.717, 1.165) is 55.4 Å². The number of piperazine rings is 1. The Balaban J connectivity index is 0.00000240. The molecule has 0 bridgehead atoms. The number of aromatic nitrogens is 4. The Morgan fingerprint density at radius 3 is 2.45 bits per heavy atom. The highest BCUT2D eigenvalue weighted by Crippen LogP contribution is 2.27. The highest BCUT2D eigenvalue weighted by Gasteiger charge is 2.21. The van der Waals surface area contributed by atoms with Crippen LogP contribution in [0.5, 0.6) is 0 Å². The monoisotopic (exact) mass is 418 g/mol. The second kappa shape index (κ2) is 9.78. The lowest BCUT2D eigenvalue weighted by atomic mass is 10.1. The number of anilines is 1. The number of aliphatic hydroxyl groups excluding tert-OH is 1. The summed E-state index contributed by atoms with van der Waals surface area (Å²) in [7, 11) is 0. The molecule has 0 amide bonds. The molecule has 2 aromatic heterocycles. The average Bonchev–Trinajstić information content (AvgIpc) is 3.16. The molecular formula is C20H24ClFN6O. The van der Waals surface area contributed by atoms with Crippen molar-refractivity contribution in [1.82, 2.24) is 24.6 Å². The minimum Gasteiger partial charge on any atom is -0.394 e. The molecule has 0 spiro atoms. The maximum atomic E-state index is 13.3. The summed E-state index contributed by atoms with van der Waals surface area (Å²) in [5.41, 5.74) is 2.79. The van der Waals surface area contributed by atoms with Gasteiger partial charge < -0.3 is 10.0 Å². The third-order valence-corrected chi connectivity index (χ3v) is 4.89. The summed E-state index contributed by atoms with van der Waals surface area (Å²) in [6.45, 7) is 4.95. The Bertz CT molecular complexity index is 911. The van der Waals surface area contributed by atoms with Gasteiger partial charge >= 0.3 is 0 Å². The number of benzene rings is 1. The van der Waals surface area contributed by atoms with Gasteiger partial charge in [0.25, 0.3) is 0 Å². The van der Waals surface area contributed by atoms with Crippen LogP contribution in [0.25, 0.3) is 11.3 Å². The van der Waals surface area contributed by atoms with Crippen LogP contribution in [0, 0.1) is 5.82 Å². The Morgan fingerprint density at radius 2 is 1.72 bits per heavy atom. The summed E-state index contributed by atoms with van der Waals surface area (Å²) in [5.74, 6) is 0.578. The summed E-state index contributed by atoms with van der Waals surface area (Å²) >= 11 is 0. The molecule has 7 nitrogen and oxygen atoms in total. The molecule has 3 aromatic rings. The zero-order chi connectivity index (χ0) is 19.3. The molecule has 0 saturated carbocycles. The Kier molecular flexibility index (Phi) is 7.13. The Hall–Kier alpha value is -2.55. The van der Waals surface area contributed by atoms with E-state index in [0.29, 0.717) is 6.54 Å². The van der Waals surface area contributed by atoms with Gasteiger partial charge in [0.1, 0.15) is 11.5 Å². The number of nitrogens with zero attached hydrogens (tertiary/aromatic N) is 6. The molecular weight excluding hydrogens is 395 g/mol. The van der Waals surface area contributed by atoms with Gasteiger partial charge in [-0.1, -0.05) is 0 Å². The maximum absolute atomic E-state index is 13.3. The van der Waals surface area contributed by atoms with Crippen LogP contribution in [0.1, 0.15) is 5.56 Å². The second-order valence-corrected chi connectivity index (χ2v) is 6.83. The summed E-state index contributed by atoms with van der Waals surface area (Å²) < 4.78 is 15.0. The van der Waals surface area contributed by atoms with Crippen LogP contribution in [0.3, 0.4) is 0 Å². The van der Waals surface area contributed by atoms with Gasteiger partial charge in [-0.3, -0.25) is 14.6 Å². The fourth-order valence-corrected chi connectivity index (χ4v) is 3.46. The molecule has 1 N–H and O–H groups in total. The fourth-order valence-electron chi connectivity index (χ4n) is 3.46. The van der Waals surface area contributed by atoms with Crippen LogP contribution in [-0.4, -0.2) is 62.5 Å². The molecule has 1 aliphatic rings. The van der Waals surface area contributed by atoms with Crippen molar-refractivity contribution < 1.29 is 9.50 Å². The molecule has 0 aliphatic carbocycles. The van der Waals surface area contributed by atoms with Gasteiger partial charge in [0.2, 0.25) is 0 Å².